The van der Waals surface area contributed by atoms with Crippen LogP contribution in [0.2, 0.25) is 0 Å². The molecule has 0 saturated carbocycles. The summed E-state index contributed by atoms with van der Waals surface area (Å²) >= 11 is 0. The topological polar surface area (TPSA) is 121 Å². The predicted molar refractivity (Wildman–Crippen MR) is 95.6 cm³/mol. The largest absolute Gasteiger partial charge is 0.507 e. The number of nitro benzene ring substituents is 1. The first kappa shape index (κ1) is 18.3. The van der Waals surface area contributed by atoms with E-state index in [1.54, 1.807) is 30.3 Å². The molecule has 1 heterocycles. The molecule has 8 nitrogen and oxygen atoms in total. The molecule has 0 spiro atoms. The van der Waals surface area contributed by atoms with E-state index in [1.165, 1.54) is 24.3 Å². The second-order valence-corrected chi connectivity index (χ2v) is 5.93. The summed E-state index contributed by atoms with van der Waals surface area (Å²) in [5, 5.41) is 31.1. The summed E-state index contributed by atoms with van der Waals surface area (Å²) in [5.74, 6) is -2.15. The molecule has 2 N–H and O–H groups in total. The van der Waals surface area contributed by atoms with Gasteiger partial charge in [-0.2, -0.15) is 0 Å². The Kier molecular flexibility index (Phi) is 5.00. The number of amides is 1. The number of benzene rings is 2. The summed E-state index contributed by atoms with van der Waals surface area (Å²) in [6.45, 7) is -0.548. The number of Topliss-reactive ketones (excluding diaryl/α,β-unsaturated/α-hetero) is 1. The Morgan fingerprint density at radius 3 is 2.44 bits per heavy atom. The zero-order valence-corrected chi connectivity index (χ0v) is 14.1. The second-order valence-electron chi connectivity index (χ2n) is 5.93. The number of likely N-dealkylation sites (tertiary alicyclic amines) is 1. The molecule has 1 atom stereocenters. The number of aliphatic hydroxyl groups is 2. The van der Waals surface area contributed by atoms with Crippen LogP contribution in [0.5, 0.6) is 0 Å². The molecule has 1 saturated heterocycles. The van der Waals surface area contributed by atoms with E-state index >= 15 is 0 Å². The fourth-order valence-corrected chi connectivity index (χ4v) is 3.12. The lowest BCUT2D eigenvalue weighted by Crippen LogP contribution is -2.32. The Balaban J connectivity index is 2.21. The smallest absolute Gasteiger partial charge is 0.295 e. The number of nitrogens with zero attached hydrogens (tertiary/aromatic N) is 2. The number of ketones is 1. The monoisotopic (exact) mass is 368 g/mol. The van der Waals surface area contributed by atoms with Crippen LogP contribution in [0.4, 0.5) is 5.69 Å². The van der Waals surface area contributed by atoms with E-state index in [2.05, 4.69) is 0 Å². The van der Waals surface area contributed by atoms with Crippen molar-refractivity contribution in [3.63, 3.8) is 0 Å². The zero-order valence-electron chi connectivity index (χ0n) is 14.1. The fourth-order valence-electron chi connectivity index (χ4n) is 3.12. The van der Waals surface area contributed by atoms with E-state index < -0.39 is 29.3 Å². The average molecular weight is 368 g/mol. The summed E-state index contributed by atoms with van der Waals surface area (Å²) in [4.78, 5) is 36.6. The highest BCUT2D eigenvalue weighted by Gasteiger charge is 2.46. The first-order valence-corrected chi connectivity index (χ1v) is 8.14. The van der Waals surface area contributed by atoms with E-state index in [1.807, 2.05) is 0 Å². The van der Waals surface area contributed by atoms with Gasteiger partial charge in [0.15, 0.2) is 0 Å². The van der Waals surface area contributed by atoms with Gasteiger partial charge in [0.25, 0.3) is 17.4 Å². The fraction of sp³-hybridized carbons (Fsp3) is 0.158. The number of non-ortho nitro benzene ring substituents is 1. The third-order valence-electron chi connectivity index (χ3n) is 4.32. The first-order valence-electron chi connectivity index (χ1n) is 8.14. The Morgan fingerprint density at radius 2 is 1.81 bits per heavy atom. The van der Waals surface area contributed by atoms with E-state index in [0.717, 1.165) is 4.90 Å². The third-order valence-corrected chi connectivity index (χ3v) is 4.32. The maximum atomic E-state index is 12.6. The molecule has 1 aliphatic rings. The van der Waals surface area contributed by atoms with Crippen LogP contribution in [0.15, 0.2) is 60.2 Å². The molecule has 0 unspecified atom stereocenters. The Labute approximate surface area is 154 Å². The predicted octanol–water partition coefficient (Wildman–Crippen LogP) is 2.01. The molecule has 1 fully saturated rings. The maximum Gasteiger partial charge on any atom is 0.295 e. The lowest BCUT2D eigenvalue weighted by atomic mass is 9.95. The standard InChI is InChI=1S/C19H16N2O6/c22-10-9-20-16(13-7-4-8-14(11-13)21(26)27)15(18(24)19(20)25)17(23)12-5-2-1-3-6-12/h1-8,11,16,22-23H,9-10H2/b17-15+/t16-/m1/s1. The molecule has 3 rings (SSSR count). The van der Waals surface area contributed by atoms with Crippen LogP contribution >= 0.6 is 0 Å². The lowest BCUT2D eigenvalue weighted by molar-refractivity contribution is -0.384. The van der Waals surface area contributed by atoms with Crippen molar-refractivity contribution in [2.24, 2.45) is 0 Å². The van der Waals surface area contributed by atoms with Crippen LogP contribution in [0.25, 0.3) is 5.76 Å². The minimum atomic E-state index is -1.03. The molecule has 8 heteroatoms. The van der Waals surface area contributed by atoms with E-state index in [-0.39, 0.29) is 23.6 Å². The molecule has 0 aromatic heterocycles. The minimum absolute atomic E-state index is 0.149. The number of aliphatic hydroxyl groups excluding tert-OH is 2. The van der Waals surface area contributed by atoms with Crippen LogP contribution in [0, 0.1) is 10.1 Å². The summed E-state index contributed by atoms with van der Waals surface area (Å²) in [7, 11) is 0. The molecular formula is C19H16N2O6. The van der Waals surface area contributed by atoms with Gasteiger partial charge in [0.05, 0.1) is 23.1 Å². The molecule has 1 amide bonds. The van der Waals surface area contributed by atoms with Gasteiger partial charge in [0.1, 0.15) is 5.76 Å². The number of hydrogen-bond donors (Lipinski definition) is 2. The second kappa shape index (κ2) is 7.38. The van der Waals surface area contributed by atoms with Crippen molar-refractivity contribution in [1.29, 1.82) is 0 Å². The third kappa shape index (κ3) is 3.30. The molecule has 2 aromatic carbocycles. The van der Waals surface area contributed by atoms with Crippen molar-refractivity contribution in [3.05, 3.63) is 81.4 Å². The van der Waals surface area contributed by atoms with Gasteiger partial charge in [-0.15, -0.1) is 0 Å². The maximum absolute atomic E-state index is 12.6. The Hall–Kier alpha value is -3.52. The highest BCUT2D eigenvalue weighted by atomic mass is 16.6. The molecule has 0 bridgehead atoms. The van der Waals surface area contributed by atoms with Crippen LogP contribution in [-0.4, -0.2) is 44.9 Å². The van der Waals surface area contributed by atoms with Gasteiger partial charge in [-0.1, -0.05) is 42.5 Å². The highest BCUT2D eigenvalue weighted by molar-refractivity contribution is 6.46. The SMILES string of the molecule is O=C1C(=O)N(CCO)[C@H](c2cccc([N+](=O)[O-])c2)/C1=C(\O)c1ccccc1. The molecule has 138 valence electrons. The average Bonchev–Trinajstić information content (AvgIpc) is 2.93. The normalized spacial score (nSPS) is 18.7. The summed E-state index contributed by atoms with van der Waals surface area (Å²) in [5.41, 5.74) is 0.270. The van der Waals surface area contributed by atoms with E-state index in [0.29, 0.717) is 11.1 Å². The number of carbonyl (C=O) groups excluding carboxylic acids is 2. The minimum Gasteiger partial charge on any atom is -0.507 e. The van der Waals surface area contributed by atoms with Gasteiger partial charge in [-0.25, -0.2) is 0 Å². The quantitative estimate of drug-likeness (QED) is 0.274. The molecular weight excluding hydrogens is 352 g/mol. The molecule has 27 heavy (non-hydrogen) atoms. The van der Waals surface area contributed by atoms with Gasteiger partial charge in [-0.3, -0.25) is 19.7 Å². The van der Waals surface area contributed by atoms with Crippen LogP contribution in [-0.2, 0) is 9.59 Å². The van der Waals surface area contributed by atoms with Crippen molar-refractivity contribution in [2.45, 2.75) is 6.04 Å². The highest BCUT2D eigenvalue weighted by Crippen LogP contribution is 2.39. The number of hydrogen-bond acceptors (Lipinski definition) is 6. The van der Waals surface area contributed by atoms with Gasteiger partial charge < -0.3 is 15.1 Å². The first-order chi connectivity index (χ1) is 13.0. The van der Waals surface area contributed by atoms with Crippen molar-refractivity contribution < 1.29 is 24.7 Å². The molecule has 0 radical (unpaired) electrons. The van der Waals surface area contributed by atoms with Gasteiger partial charge in [0.2, 0.25) is 0 Å². The van der Waals surface area contributed by atoms with Crippen LogP contribution < -0.4 is 0 Å². The van der Waals surface area contributed by atoms with Gasteiger partial charge in [-0.05, 0) is 5.56 Å². The van der Waals surface area contributed by atoms with Gasteiger partial charge >= 0.3 is 0 Å². The number of nitro groups is 1. The van der Waals surface area contributed by atoms with E-state index in [4.69, 9.17) is 0 Å². The lowest BCUT2D eigenvalue weighted by Gasteiger charge is -2.24. The van der Waals surface area contributed by atoms with Crippen LogP contribution in [0.3, 0.4) is 0 Å². The van der Waals surface area contributed by atoms with Crippen molar-refractivity contribution >= 4 is 23.1 Å². The molecule has 2 aromatic rings. The molecule has 0 aliphatic carbocycles. The summed E-state index contributed by atoms with van der Waals surface area (Å²) < 4.78 is 0. The Morgan fingerprint density at radius 1 is 1.11 bits per heavy atom. The summed E-state index contributed by atoms with van der Waals surface area (Å²) in [6, 6.07) is 12.7. The van der Waals surface area contributed by atoms with Crippen LogP contribution in [0.1, 0.15) is 17.2 Å². The van der Waals surface area contributed by atoms with E-state index in [9.17, 15) is 29.9 Å². The van der Waals surface area contributed by atoms with Crippen molar-refractivity contribution in [2.75, 3.05) is 13.2 Å². The Bertz CT molecular complexity index is 938. The van der Waals surface area contributed by atoms with Crippen molar-refractivity contribution in [3.8, 4) is 0 Å². The molecule has 1 aliphatic heterocycles. The summed E-state index contributed by atoms with van der Waals surface area (Å²) in [6.07, 6.45) is 0. The number of β-amino-alcohol motifs (C(OH)–C–C–N with tert-alkyl or cyclic N) is 1. The van der Waals surface area contributed by atoms with Crippen molar-refractivity contribution in [1.82, 2.24) is 4.90 Å². The van der Waals surface area contributed by atoms with Gasteiger partial charge in [0, 0.05) is 24.2 Å². The number of carbonyl (C=O) groups is 2. The zero-order chi connectivity index (χ0) is 19.6. The number of rotatable bonds is 5.